The molecule has 2 aromatic carbocycles. The SMILES string of the molecule is OCc1ccc2c(c1)CN(Cc1cccc(OCc3ccccn3)c1)CCO2. The summed E-state index contributed by atoms with van der Waals surface area (Å²) in [6, 6.07) is 19.9. The fraction of sp³-hybridized carbons (Fsp3) is 0.261. The van der Waals surface area contributed by atoms with Gasteiger partial charge in [-0.15, -0.1) is 0 Å². The zero-order valence-corrected chi connectivity index (χ0v) is 15.8. The maximum absolute atomic E-state index is 9.40. The molecule has 5 nitrogen and oxygen atoms in total. The maximum Gasteiger partial charge on any atom is 0.130 e. The van der Waals surface area contributed by atoms with E-state index in [4.69, 9.17) is 9.47 Å². The maximum atomic E-state index is 9.40. The van der Waals surface area contributed by atoms with E-state index in [-0.39, 0.29) is 6.61 Å². The Balaban J connectivity index is 1.42. The van der Waals surface area contributed by atoms with Gasteiger partial charge in [-0.25, -0.2) is 0 Å². The predicted molar refractivity (Wildman–Crippen MR) is 107 cm³/mol. The summed E-state index contributed by atoms with van der Waals surface area (Å²) in [6.07, 6.45) is 1.77. The molecule has 1 N–H and O–H groups in total. The van der Waals surface area contributed by atoms with Crippen LogP contribution in [0.3, 0.4) is 0 Å². The molecule has 1 aliphatic heterocycles. The van der Waals surface area contributed by atoms with E-state index in [2.05, 4.69) is 22.0 Å². The quantitative estimate of drug-likeness (QED) is 0.713. The minimum absolute atomic E-state index is 0.0446. The van der Waals surface area contributed by atoms with Crippen molar-refractivity contribution in [3.63, 3.8) is 0 Å². The van der Waals surface area contributed by atoms with Gasteiger partial charge in [-0.2, -0.15) is 0 Å². The fourth-order valence-corrected chi connectivity index (χ4v) is 3.37. The molecule has 0 fully saturated rings. The lowest BCUT2D eigenvalue weighted by atomic mass is 10.1. The monoisotopic (exact) mass is 376 g/mol. The van der Waals surface area contributed by atoms with Crippen molar-refractivity contribution in [3.8, 4) is 11.5 Å². The van der Waals surface area contributed by atoms with Crippen molar-refractivity contribution in [1.82, 2.24) is 9.88 Å². The van der Waals surface area contributed by atoms with Gasteiger partial charge in [0.2, 0.25) is 0 Å². The van der Waals surface area contributed by atoms with Gasteiger partial charge < -0.3 is 14.6 Å². The Hall–Kier alpha value is -2.89. The molecule has 0 unspecified atom stereocenters. The molecule has 28 heavy (non-hydrogen) atoms. The first-order valence-corrected chi connectivity index (χ1v) is 9.49. The minimum Gasteiger partial charge on any atom is -0.492 e. The van der Waals surface area contributed by atoms with Crippen LogP contribution in [0.15, 0.2) is 66.9 Å². The minimum atomic E-state index is 0.0446. The Labute approximate surface area is 165 Å². The highest BCUT2D eigenvalue weighted by Gasteiger charge is 2.16. The molecule has 144 valence electrons. The second kappa shape index (κ2) is 8.87. The predicted octanol–water partition coefficient (Wildman–Crippen LogP) is 3.55. The van der Waals surface area contributed by atoms with Gasteiger partial charge in [0.15, 0.2) is 0 Å². The lowest BCUT2D eigenvalue weighted by Gasteiger charge is -2.20. The summed E-state index contributed by atoms with van der Waals surface area (Å²) in [5.41, 5.74) is 4.13. The molecule has 0 amide bonds. The third-order valence-corrected chi connectivity index (χ3v) is 4.78. The van der Waals surface area contributed by atoms with Crippen LogP contribution in [0, 0.1) is 0 Å². The molecule has 0 atom stereocenters. The number of hydrogen-bond donors (Lipinski definition) is 1. The second-order valence-corrected chi connectivity index (χ2v) is 6.92. The molecule has 3 aromatic rings. The first kappa shape index (κ1) is 18.5. The van der Waals surface area contributed by atoms with Gasteiger partial charge >= 0.3 is 0 Å². The average molecular weight is 376 g/mol. The molecule has 5 heteroatoms. The number of hydrogen-bond acceptors (Lipinski definition) is 5. The molecule has 2 heterocycles. The molecule has 0 aliphatic carbocycles. The Morgan fingerprint density at radius 1 is 1.04 bits per heavy atom. The van der Waals surface area contributed by atoms with E-state index in [1.807, 2.05) is 48.5 Å². The van der Waals surface area contributed by atoms with Gasteiger partial charge in [0.25, 0.3) is 0 Å². The van der Waals surface area contributed by atoms with Crippen molar-refractivity contribution >= 4 is 0 Å². The number of benzene rings is 2. The van der Waals surface area contributed by atoms with E-state index in [0.29, 0.717) is 13.2 Å². The fourth-order valence-electron chi connectivity index (χ4n) is 3.37. The molecular weight excluding hydrogens is 352 g/mol. The standard InChI is InChI=1S/C23H24N2O3/c26-16-19-7-8-23-20(12-19)15-25(10-11-27-23)14-18-4-3-6-22(13-18)28-17-21-5-1-2-9-24-21/h1-9,12-13,26H,10-11,14-17H2. The van der Waals surface area contributed by atoms with Crippen LogP contribution in [0.4, 0.5) is 0 Å². The van der Waals surface area contributed by atoms with Gasteiger partial charge in [-0.1, -0.05) is 24.3 Å². The highest BCUT2D eigenvalue weighted by molar-refractivity contribution is 5.38. The molecule has 0 spiro atoms. The van der Waals surface area contributed by atoms with Crippen LogP contribution in [0.2, 0.25) is 0 Å². The number of rotatable bonds is 6. The van der Waals surface area contributed by atoms with Crippen molar-refractivity contribution in [2.24, 2.45) is 0 Å². The number of aliphatic hydroxyl groups is 1. The first-order chi connectivity index (χ1) is 13.8. The van der Waals surface area contributed by atoms with Gasteiger partial charge in [0.1, 0.15) is 24.7 Å². The zero-order chi connectivity index (χ0) is 19.2. The van der Waals surface area contributed by atoms with E-state index >= 15 is 0 Å². The lowest BCUT2D eigenvalue weighted by molar-refractivity contribution is 0.219. The molecule has 4 rings (SSSR count). The lowest BCUT2D eigenvalue weighted by Crippen LogP contribution is -2.25. The first-order valence-electron chi connectivity index (χ1n) is 9.49. The normalized spacial score (nSPS) is 14.0. The second-order valence-electron chi connectivity index (χ2n) is 6.92. The summed E-state index contributed by atoms with van der Waals surface area (Å²) in [4.78, 5) is 6.64. The van der Waals surface area contributed by atoms with Gasteiger partial charge in [-0.3, -0.25) is 9.88 Å². The Morgan fingerprint density at radius 3 is 2.86 bits per heavy atom. The summed E-state index contributed by atoms with van der Waals surface area (Å²) in [5.74, 6) is 1.75. The highest BCUT2D eigenvalue weighted by Crippen LogP contribution is 2.26. The smallest absolute Gasteiger partial charge is 0.130 e. The summed E-state index contributed by atoms with van der Waals surface area (Å²) in [5, 5.41) is 9.40. The third-order valence-electron chi connectivity index (χ3n) is 4.78. The molecule has 0 radical (unpaired) electrons. The van der Waals surface area contributed by atoms with Crippen LogP contribution in [0.5, 0.6) is 11.5 Å². The topological polar surface area (TPSA) is 54.8 Å². The van der Waals surface area contributed by atoms with Crippen LogP contribution < -0.4 is 9.47 Å². The number of aliphatic hydroxyl groups excluding tert-OH is 1. The molecule has 1 aliphatic rings. The number of fused-ring (bicyclic) bond motifs is 1. The Morgan fingerprint density at radius 2 is 2.00 bits per heavy atom. The van der Waals surface area contributed by atoms with Crippen molar-refractivity contribution in [2.45, 2.75) is 26.3 Å². The third kappa shape index (κ3) is 4.68. The van der Waals surface area contributed by atoms with Crippen molar-refractivity contribution in [1.29, 1.82) is 0 Å². The van der Waals surface area contributed by atoms with E-state index in [1.54, 1.807) is 6.20 Å². The number of aromatic nitrogens is 1. The van der Waals surface area contributed by atoms with Gasteiger partial charge in [-0.05, 0) is 47.5 Å². The highest BCUT2D eigenvalue weighted by atomic mass is 16.5. The molecule has 1 aromatic heterocycles. The van der Waals surface area contributed by atoms with Crippen LogP contribution in [0.1, 0.15) is 22.4 Å². The number of pyridine rings is 1. The summed E-state index contributed by atoms with van der Waals surface area (Å²) < 4.78 is 11.8. The van der Waals surface area contributed by atoms with Crippen molar-refractivity contribution < 1.29 is 14.6 Å². The largest absolute Gasteiger partial charge is 0.492 e. The molecule has 0 saturated heterocycles. The van der Waals surface area contributed by atoms with E-state index in [1.165, 1.54) is 5.56 Å². The summed E-state index contributed by atoms with van der Waals surface area (Å²) >= 11 is 0. The van der Waals surface area contributed by atoms with Gasteiger partial charge in [0, 0.05) is 31.4 Å². The van der Waals surface area contributed by atoms with Crippen molar-refractivity contribution in [3.05, 3.63) is 89.2 Å². The van der Waals surface area contributed by atoms with Gasteiger partial charge in [0.05, 0.1) is 12.3 Å². The summed E-state index contributed by atoms with van der Waals surface area (Å²) in [7, 11) is 0. The van der Waals surface area contributed by atoms with Crippen LogP contribution in [-0.2, 0) is 26.3 Å². The summed E-state index contributed by atoms with van der Waals surface area (Å²) in [6.45, 7) is 3.61. The van der Waals surface area contributed by atoms with E-state index < -0.39 is 0 Å². The van der Waals surface area contributed by atoms with E-state index in [0.717, 1.165) is 48.0 Å². The van der Waals surface area contributed by atoms with Crippen molar-refractivity contribution in [2.75, 3.05) is 13.2 Å². The Bertz CT molecular complexity index is 915. The van der Waals surface area contributed by atoms with Crippen LogP contribution in [0.25, 0.3) is 0 Å². The van der Waals surface area contributed by atoms with Crippen LogP contribution >= 0.6 is 0 Å². The molecule has 0 bridgehead atoms. The Kier molecular flexibility index (Phi) is 5.85. The zero-order valence-electron chi connectivity index (χ0n) is 15.8. The van der Waals surface area contributed by atoms with Crippen LogP contribution in [-0.4, -0.2) is 28.1 Å². The average Bonchev–Trinajstić information content (AvgIpc) is 2.94. The number of ether oxygens (including phenoxy) is 2. The number of nitrogens with zero attached hydrogens (tertiary/aromatic N) is 2. The molecule has 0 saturated carbocycles. The molecular formula is C23H24N2O3. The van der Waals surface area contributed by atoms with E-state index in [9.17, 15) is 5.11 Å².